The van der Waals surface area contributed by atoms with Crippen molar-refractivity contribution in [1.82, 2.24) is 0 Å². The Labute approximate surface area is 133 Å². The molecule has 0 unspecified atom stereocenters. The van der Waals surface area contributed by atoms with E-state index in [0.29, 0.717) is 19.6 Å². The van der Waals surface area contributed by atoms with Gasteiger partial charge in [0.25, 0.3) is 0 Å². The Bertz CT molecular complexity index is 598. The van der Waals surface area contributed by atoms with Gasteiger partial charge in [0.2, 0.25) is 0 Å². The van der Waals surface area contributed by atoms with Crippen molar-refractivity contribution < 1.29 is 27.8 Å². The Morgan fingerprint density at radius 3 is 2.70 bits per heavy atom. The number of benzene rings is 1. The number of hydrogen-bond acceptors (Lipinski definition) is 5. The molecule has 5 nitrogen and oxygen atoms in total. The molecule has 0 aromatic heterocycles. The van der Waals surface area contributed by atoms with Crippen molar-refractivity contribution in [2.75, 3.05) is 13.2 Å². The highest BCUT2D eigenvalue weighted by atomic mass is 19.3. The molecule has 1 aromatic rings. The fourth-order valence-electron chi connectivity index (χ4n) is 2.70. The lowest BCUT2D eigenvalue weighted by Crippen LogP contribution is -2.29. The van der Waals surface area contributed by atoms with Gasteiger partial charge >= 0.3 is 6.61 Å². The van der Waals surface area contributed by atoms with Gasteiger partial charge in [-0.25, -0.2) is 0 Å². The first-order valence-electron chi connectivity index (χ1n) is 7.56. The highest BCUT2D eigenvalue weighted by molar-refractivity contribution is 6.02. The van der Waals surface area contributed by atoms with Gasteiger partial charge in [-0.15, -0.1) is 0 Å². The third-order valence-corrected chi connectivity index (χ3v) is 3.76. The Hall–Kier alpha value is -1.89. The van der Waals surface area contributed by atoms with Gasteiger partial charge in [-0.3, -0.25) is 0 Å². The van der Waals surface area contributed by atoms with Crippen LogP contribution in [0.4, 0.5) is 8.78 Å². The third kappa shape index (κ3) is 3.55. The minimum Gasteiger partial charge on any atom is -0.487 e. The summed E-state index contributed by atoms with van der Waals surface area (Å²) >= 11 is 0. The maximum Gasteiger partial charge on any atom is 0.387 e. The first kappa shape index (κ1) is 16.0. The molecular weight excluding hydrogens is 308 g/mol. The molecule has 1 fully saturated rings. The Kier molecular flexibility index (Phi) is 4.39. The van der Waals surface area contributed by atoms with Gasteiger partial charge in [0, 0.05) is 18.4 Å². The predicted molar refractivity (Wildman–Crippen MR) is 79.2 cm³/mol. The lowest BCUT2D eigenvalue weighted by molar-refractivity contribution is -0.0518. The molecule has 3 rings (SSSR count). The standard InChI is InChI=1S/C16H19F2NO4/c1-10(2)21-14-7-11(3-4-13(14)22-15(17)18)12-8-16(23-19-12)5-6-20-9-16/h3-4,7,10,15H,5-6,8-9H2,1-2H3/t16-/m1/s1. The monoisotopic (exact) mass is 327 g/mol. The zero-order chi connectivity index (χ0) is 16.4. The lowest BCUT2D eigenvalue weighted by Gasteiger charge is -2.18. The summed E-state index contributed by atoms with van der Waals surface area (Å²) in [5.74, 6) is 0.278. The quantitative estimate of drug-likeness (QED) is 0.832. The van der Waals surface area contributed by atoms with E-state index in [4.69, 9.17) is 14.3 Å². The van der Waals surface area contributed by atoms with Crippen molar-refractivity contribution >= 4 is 5.71 Å². The van der Waals surface area contributed by atoms with Crippen LogP contribution in [0, 0.1) is 0 Å². The second-order valence-electron chi connectivity index (χ2n) is 6.00. The Morgan fingerprint density at radius 1 is 1.22 bits per heavy atom. The van der Waals surface area contributed by atoms with Gasteiger partial charge in [-0.05, 0) is 32.0 Å². The molecule has 1 atom stereocenters. The molecule has 1 saturated heterocycles. The summed E-state index contributed by atoms with van der Waals surface area (Å²) in [6.07, 6.45) is 1.26. The highest BCUT2D eigenvalue weighted by Gasteiger charge is 2.43. The van der Waals surface area contributed by atoms with Crippen molar-refractivity contribution in [3.05, 3.63) is 23.8 Å². The molecule has 0 N–H and O–H groups in total. The largest absolute Gasteiger partial charge is 0.487 e. The molecule has 1 spiro atoms. The minimum absolute atomic E-state index is 0.0101. The van der Waals surface area contributed by atoms with E-state index in [2.05, 4.69) is 9.89 Å². The van der Waals surface area contributed by atoms with Crippen molar-refractivity contribution in [2.45, 2.75) is 45.0 Å². The van der Waals surface area contributed by atoms with Gasteiger partial charge < -0.3 is 19.0 Å². The minimum atomic E-state index is -2.90. The normalized spacial score (nSPS) is 23.5. The van der Waals surface area contributed by atoms with Crippen LogP contribution in [0.1, 0.15) is 32.3 Å². The summed E-state index contributed by atoms with van der Waals surface area (Å²) in [6, 6.07) is 4.81. The molecule has 126 valence electrons. The lowest BCUT2D eigenvalue weighted by atomic mass is 9.93. The first-order valence-corrected chi connectivity index (χ1v) is 7.56. The van der Waals surface area contributed by atoms with Gasteiger partial charge in [0.15, 0.2) is 17.1 Å². The summed E-state index contributed by atoms with van der Waals surface area (Å²) in [7, 11) is 0. The average Bonchev–Trinajstić information content (AvgIpc) is 3.10. The molecule has 7 heteroatoms. The van der Waals surface area contributed by atoms with E-state index in [1.165, 1.54) is 6.07 Å². The van der Waals surface area contributed by atoms with Gasteiger partial charge in [-0.1, -0.05) is 5.16 Å². The zero-order valence-electron chi connectivity index (χ0n) is 13.1. The molecule has 0 saturated carbocycles. The summed E-state index contributed by atoms with van der Waals surface area (Å²) in [5.41, 5.74) is 1.14. The maximum atomic E-state index is 12.5. The van der Waals surface area contributed by atoms with E-state index < -0.39 is 6.61 Å². The van der Waals surface area contributed by atoms with Crippen LogP contribution in [0.25, 0.3) is 0 Å². The van der Waals surface area contributed by atoms with Crippen LogP contribution in [0.2, 0.25) is 0 Å². The van der Waals surface area contributed by atoms with Gasteiger partial charge in [-0.2, -0.15) is 8.78 Å². The molecule has 0 aliphatic carbocycles. The van der Waals surface area contributed by atoms with E-state index in [0.717, 1.165) is 17.7 Å². The Morgan fingerprint density at radius 2 is 2.04 bits per heavy atom. The number of oxime groups is 1. The molecule has 0 bridgehead atoms. The zero-order valence-corrected chi connectivity index (χ0v) is 13.1. The Balaban J connectivity index is 1.82. The van der Waals surface area contributed by atoms with Gasteiger partial charge in [0.1, 0.15) is 0 Å². The molecule has 2 aliphatic heterocycles. The van der Waals surface area contributed by atoms with Crippen molar-refractivity contribution in [3.63, 3.8) is 0 Å². The van der Waals surface area contributed by atoms with Crippen LogP contribution in [-0.4, -0.2) is 37.2 Å². The van der Waals surface area contributed by atoms with Crippen molar-refractivity contribution in [1.29, 1.82) is 0 Å². The molecule has 0 amide bonds. The number of halogens is 2. The summed E-state index contributed by atoms with van der Waals surface area (Å²) < 4.78 is 40.5. The van der Waals surface area contributed by atoms with Gasteiger partial charge in [0.05, 0.1) is 25.0 Å². The number of alkyl halides is 2. The van der Waals surface area contributed by atoms with Crippen LogP contribution in [0.5, 0.6) is 11.5 Å². The molecule has 0 radical (unpaired) electrons. The maximum absolute atomic E-state index is 12.5. The van der Waals surface area contributed by atoms with Crippen LogP contribution in [0.3, 0.4) is 0 Å². The van der Waals surface area contributed by atoms with Crippen LogP contribution in [-0.2, 0) is 9.57 Å². The SMILES string of the molecule is CC(C)Oc1cc(C2=NO[C@]3(CCOC3)C2)ccc1OC(F)F. The average molecular weight is 327 g/mol. The molecular formula is C16H19F2NO4. The van der Waals surface area contributed by atoms with E-state index in [1.54, 1.807) is 12.1 Å². The van der Waals surface area contributed by atoms with Crippen LogP contribution in [0.15, 0.2) is 23.4 Å². The van der Waals surface area contributed by atoms with Crippen LogP contribution < -0.4 is 9.47 Å². The molecule has 2 heterocycles. The van der Waals surface area contributed by atoms with E-state index in [9.17, 15) is 8.78 Å². The topological polar surface area (TPSA) is 49.3 Å². The number of hydrogen-bond donors (Lipinski definition) is 0. The van der Waals surface area contributed by atoms with E-state index in [1.807, 2.05) is 13.8 Å². The molecule has 23 heavy (non-hydrogen) atoms. The third-order valence-electron chi connectivity index (χ3n) is 3.76. The van der Waals surface area contributed by atoms with E-state index in [-0.39, 0.29) is 23.2 Å². The summed E-state index contributed by atoms with van der Waals surface area (Å²) in [4.78, 5) is 5.56. The van der Waals surface area contributed by atoms with Crippen LogP contribution >= 0.6 is 0 Å². The second kappa shape index (κ2) is 6.31. The number of nitrogens with zero attached hydrogens (tertiary/aromatic N) is 1. The highest BCUT2D eigenvalue weighted by Crippen LogP contribution is 2.36. The van der Waals surface area contributed by atoms with E-state index >= 15 is 0 Å². The first-order chi connectivity index (χ1) is 11.0. The van der Waals surface area contributed by atoms with Crippen molar-refractivity contribution in [2.24, 2.45) is 5.16 Å². The van der Waals surface area contributed by atoms with Crippen molar-refractivity contribution in [3.8, 4) is 11.5 Å². The summed E-state index contributed by atoms with van der Waals surface area (Å²) in [5, 5.41) is 4.14. The molecule has 2 aliphatic rings. The molecule has 1 aromatic carbocycles. The number of ether oxygens (including phenoxy) is 3. The fraction of sp³-hybridized carbons (Fsp3) is 0.562. The number of rotatable bonds is 5. The predicted octanol–water partition coefficient (Wildman–Crippen LogP) is 3.36. The fourth-order valence-corrected chi connectivity index (χ4v) is 2.70. The summed E-state index contributed by atoms with van der Waals surface area (Å²) in [6.45, 7) is 1.91. The smallest absolute Gasteiger partial charge is 0.387 e. The second-order valence-corrected chi connectivity index (χ2v) is 6.00.